The average Bonchev–Trinajstić information content (AvgIpc) is 3.05. The zero-order valence-electron chi connectivity index (χ0n) is 9.95. The molecule has 92 valence electrons. The lowest BCUT2D eigenvalue weighted by Gasteiger charge is -2.16. The van der Waals surface area contributed by atoms with E-state index in [1.807, 2.05) is 11.9 Å². The molecule has 1 amide bonds. The number of benzene rings is 1. The topological polar surface area (TPSA) is 32.3 Å². The summed E-state index contributed by atoms with van der Waals surface area (Å²) in [5.74, 6) is -0.167. The number of nitrogens with zero attached hydrogens (tertiary/aromatic N) is 1. The number of likely N-dealkylation sites (N-methyl/N-ethyl adjacent to an activating group) is 1. The van der Waals surface area contributed by atoms with Gasteiger partial charge in [-0.15, -0.1) is 0 Å². The molecule has 4 heteroatoms. The molecule has 0 heterocycles. The molecule has 0 saturated heterocycles. The number of carbonyl (C=O) groups is 1. The summed E-state index contributed by atoms with van der Waals surface area (Å²) in [7, 11) is 1.88. The van der Waals surface area contributed by atoms with Crippen LogP contribution in [0.5, 0.6) is 0 Å². The van der Waals surface area contributed by atoms with Crippen molar-refractivity contribution in [1.29, 1.82) is 0 Å². The summed E-state index contributed by atoms with van der Waals surface area (Å²) in [6.07, 6.45) is 2.21. The molecule has 0 spiro atoms. The van der Waals surface area contributed by atoms with Crippen molar-refractivity contribution in [3.05, 3.63) is 35.6 Å². The Balaban J connectivity index is 1.77. The summed E-state index contributed by atoms with van der Waals surface area (Å²) in [6, 6.07) is 6.76. The molecule has 1 fully saturated rings. The average molecular weight is 236 g/mol. The van der Waals surface area contributed by atoms with E-state index in [0.717, 1.165) is 18.4 Å². The summed E-state index contributed by atoms with van der Waals surface area (Å²) in [5.41, 5.74) is 1.01. The lowest BCUT2D eigenvalue weighted by atomic mass is 10.2. The van der Waals surface area contributed by atoms with Gasteiger partial charge in [0.25, 0.3) is 0 Å². The Morgan fingerprint density at radius 2 is 2.06 bits per heavy atom. The van der Waals surface area contributed by atoms with E-state index in [9.17, 15) is 9.18 Å². The monoisotopic (exact) mass is 236 g/mol. The number of hydrogen-bond donors (Lipinski definition) is 1. The second kappa shape index (κ2) is 5.27. The first-order chi connectivity index (χ1) is 8.13. The third-order valence-corrected chi connectivity index (χ3v) is 2.72. The van der Waals surface area contributed by atoms with Crippen LogP contribution in [0.3, 0.4) is 0 Å². The molecule has 0 bridgehead atoms. The fourth-order valence-electron chi connectivity index (χ4n) is 1.70. The Bertz CT molecular complexity index is 387. The van der Waals surface area contributed by atoms with E-state index in [0.29, 0.717) is 19.1 Å². The molecule has 17 heavy (non-hydrogen) atoms. The largest absolute Gasteiger partial charge is 0.352 e. The SMILES string of the molecule is CN(CC(=O)NC1CC1)Cc1ccc(F)cc1. The third-order valence-electron chi connectivity index (χ3n) is 2.72. The summed E-state index contributed by atoms with van der Waals surface area (Å²) >= 11 is 0. The molecule has 0 aromatic heterocycles. The van der Waals surface area contributed by atoms with Gasteiger partial charge in [-0.25, -0.2) is 4.39 Å². The highest BCUT2D eigenvalue weighted by atomic mass is 19.1. The minimum atomic E-state index is -0.233. The summed E-state index contributed by atoms with van der Waals surface area (Å²) < 4.78 is 12.7. The van der Waals surface area contributed by atoms with E-state index in [4.69, 9.17) is 0 Å². The van der Waals surface area contributed by atoms with E-state index in [1.54, 1.807) is 12.1 Å². The highest BCUT2D eigenvalue weighted by molar-refractivity contribution is 5.78. The Kier molecular flexibility index (Phi) is 3.74. The molecular weight excluding hydrogens is 219 g/mol. The maximum Gasteiger partial charge on any atom is 0.234 e. The predicted octanol–water partition coefficient (Wildman–Crippen LogP) is 1.54. The zero-order valence-corrected chi connectivity index (χ0v) is 9.95. The van der Waals surface area contributed by atoms with Gasteiger partial charge >= 0.3 is 0 Å². The van der Waals surface area contributed by atoms with Crippen LogP contribution in [0.2, 0.25) is 0 Å². The second-order valence-corrected chi connectivity index (χ2v) is 4.64. The first kappa shape index (κ1) is 12.0. The summed E-state index contributed by atoms with van der Waals surface area (Å²) in [6.45, 7) is 1.03. The number of hydrogen-bond acceptors (Lipinski definition) is 2. The van der Waals surface area contributed by atoms with E-state index >= 15 is 0 Å². The normalized spacial score (nSPS) is 15.0. The van der Waals surface area contributed by atoms with Gasteiger partial charge in [0.2, 0.25) is 5.91 Å². The fourth-order valence-corrected chi connectivity index (χ4v) is 1.70. The number of carbonyl (C=O) groups excluding carboxylic acids is 1. The predicted molar refractivity (Wildman–Crippen MR) is 63.9 cm³/mol. The number of halogens is 1. The van der Waals surface area contributed by atoms with Gasteiger partial charge in [0.15, 0.2) is 0 Å². The molecular formula is C13H17FN2O. The van der Waals surface area contributed by atoms with Gasteiger partial charge in [-0.05, 0) is 37.6 Å². The molecule has 1 aromatic carbocycles. The van der Waals surface area contributed by atoms with Crippen LogP contribution < -0.4 is 5.32 Å². The molecule has 1 aliphatic carbocycles. The fraction of sp³-hybridized carbons (Fsp3) is 0.462. The van der Waals surface area contributed by atoms with Gasteiger partial charge in [-0.1, -0.05) is 12.1 Å². The quantitative estimate of drug-likeness (QED) is 0.841. The number of rotatable bonds is 5. The van der Waals surface area contributed by atoms with E-state index in [1.165, 1.54) is 12.1 Å². The molecule has 1 saturated carbocycles. The highest BCUT2D eigenvalue weighted by Crippen LogP contribution is 2.18. The number of nitrogens with one attached hydrogen (secondary N) is 1. The van der Waals surface area contributed by atoms with Crippen molar-refractivity contribution in [3.8, 4) is 0 Å². The molecule has 0 radical (unpaired) electrons. The van der Waals surface area contributed by atoms with Crippen molar-refractivity contribution in [1.82, 2.24) is 10.2 Å². The lowest BCUT2D eigenvalue weighted by molar-refractivity contribution is -0.122. The van der Waals surface area contributed by atoms with E-state index in [-0.39, 0.29) is 11.7 Å². The highest BCUT2D eigenvalue weighted by Gasteiger charge is 2.23. The van der Waals surface area contributed by atoms with Crippen molar-refractivity contribution in [2.45, 2.75) is 25.4 Å². The Hall–Kier alpha value is -1.42. The Labute approximate surface area is 101 Å². The summed E-state index contributed by atoms with van der Waals surface area (Å²) in [4.78, 5) is 13.5. The minimum absolute atomic E-state index is 0.0668. The molecule has 0 unspecified atom stereocenters. The van der Waals surface area contributed by atoms with Gasteiger partial charge in [0.1, 0.15) is 5.82 Å². The first-order valence-corrected chi connectivity index (χ1v) is 5.86. The van der Waals surface area contributed by atoms with Gasteiger partial charge < -0.3 is 5.32 Å². The van der Waals surface area contributed by atoms with Crippen molar-refractivity contribution < 1.29 is 9.18 Å². The van der Waals surface area contributed by atoms with Crippen LogP contribution in [0.4, 0.5) is 4.39 Å². The van der Waals surface area contributed by atoms with Crippen molar-refractivity contribution in [3.63, 3.8) is 0 Å². The van der Waals surface area contributed by atoms with Crippen molar-refractivity contribution in [2.75, 3.05) is 13.6 Å². The second-order valence-electron chi connectivity index (χ2n) is 4.64. The van der Waals surface area contributed by atoms with Crippen LogP contribution in [-0.4, -0.2) is 30.4 Å². The molecule has 1 N–H and O–H groups in total. The molecule has 0 aliphatic heterocycles. The smallest absolute Gasteiger partial charge is 0.234 e. The maximum atomic E-state index is 12.7. The first-order valence-electron chi connectivity index (χ1n) is 5.86. The van der Waals surface area contributed by atoms with Crippen LogP contribution in [0.25, 0.3) is 0 Å². The Morgan fingerprint density at radius 3 is 2.65 bits per heavy atom. The van der Waals surface area contributed by atoms with Gasteiger partial charge in [-0.3, -0.25) is 9.69 Å². The van der Waals surface area contributed by atoms with Gasteiger partial charge in [0.05, 0.1) is 6.54 Å². The van der Waals surface area contributed by atoms with E-state index < -0.39 is 0 Å². The molecule has 2 rings (SSSR count). The van der Waals surface area contributed by atoms with Crippen molar-refractivity contribution >= 4 is 5.91 Å². The Morgan fingerprint density at radius 1 is 1.41 bits per heavy atom. The van der Waals surface area contributed by atoms with Crippen LogP contribution in [0, 0.1) is 5.82 Å². The van der Waals surface area contributed by atoms with Crippen LogP contribution in [0.15, 0.2) is 24.3 Å². The third kappa shape index (κ3) is 4.15. The molecule has 1 aromatic rings. The summed E-state index contributed by atoms with van der Waals surface area (Å²) in [5, 5.41) is 2.94. The lowest BCUT2D eigenvalue weighted by Crippen LogP contribution is -2.35. The molecule has 0 atom stereocenters. The van der Waals surface area contributed by atoms with Crippen molar-refractivity contribution in [2.24, 2.45) is 0 Å². The standard InChI is InChI=1S/C13H17FN2O/c1-16(9-13(17)15-12-6-7-12)8-10-2-4-11(14)5-3-10/h2-5,12H,6-9H2,1H3,(H,15,17). The zero-order chi connectivity index (χ0) is 12.3. The van der Waals surface area contributed by atoms with Crippen LogP contribution >= 0.6 is 0 Å². The van der Waals surface area contributed by atoms with Crippen LogP contribution in [0.1, 0.15) is 18.4 Å². The van der Waals surface area contributed by atoms with Crippen LogP contribution in [-0.2, 0) is 11.3 Å². The van der Waals surface area contributed by atoms with E-state index in [2.05, 4.69) is 5.32 Å². The van der Waals surface area contributed by atoms with Gasteiger partial charge in [0, 0.05) is 12.6 Å². The van der Waals surface area contributed by atoms with Gasteiger partial charge in [-0.2, -0.15) is 0 Å². The molecule has 1 aliphatic rings. The minimum Gasteiger partial charge on any atom is -0.352 e. The number of amides is 1. The maximum absolute atomic E-state index is 12.7. The molecule has 3 nitrogen and oxygen atoms in total.